The van der Waals surface area contributed by atoms with Crippen LogP contribution in [-0.2, 0) is 20.8 Å². The molecule has 0 unspecified atom stereocenters. The van der Waals surface area contributed by atoms with E-state index in [2.05, 4.69) is 5.32 Å². The number of benzene rings is 1. The Morgan fingerprint density at radius 3 is 2.59 bits per heavy atom. The van der Waals surface area contributed by atoms with Gasteiger partial charge in [0, 0.05) is 32.1 Å². The lowest BCUT2D eigenvalue weighted by atomic mass is 10.1. The summed E-state index contributed by atoms with van der Waals surface area (Å²) >= 11 is 0. The Morgan fingerprint density at radius 1 is 1.41 bits per heavy atom. The third kappa shape index (κ3) is 5.31. The van der Waals surface area contributed by atoms with Gasteiger partial charge >= 0.3 is 6.18 Å². The Hall–Kier alpha value is -2.37. The molecule has 1 aliphatic heterocycles. The van der Waals surface area contributed by atoms with Gasteiger partial charge in [-0.05, 0) is 18.6 Å². The van der Waals surface area contributed by atoms with Gasteiger partial charge < -0.3 is 10.2 Å². The fraction of sp³-hybridized carbons (Fsp3) is 0.533. The van der Waals surface area contributed by atoms with Crippen LogP contribution in [0.15, 0.2) is 18.2 Å². The van der Waals surface area contributed by atoms with E-state index >= 15 is 0 Å². The molecule has 1 amide bonds. The average Bonchev–Trinajstić information content (AvgIpc) is 2.93. The summed E-state index contributed by atoms with van der Waals surface area (Å²) < 4.78 is 61.0. The Balaban J connectivity index is 1.98. The van der Waals surface area contributed by atoms with E-state index in [1.165, 1.54) is 11.9 Å². The summed E-state index contributed by atoms with van der Waals surface area (Å²) in [6, 6.07) is 1.67. The maximum Gasteiger partial charge on any atom is 0.416 e. The second-order valence-corrected chi connectivity index (χ2v) is 8.45. The number of anilines is 1. The lowest BCUT2D eigenvalue weighted by Gasteiger charge is -2.23. The molecule has 0 saturated carbocycles. The van der Waals surface area contributed by atoms with E-state index in [9.17, 15) is 36.5 Å². The molecule has 2 rings (SSSR count). The van der Waals surface area contributed by atoms with Gasteiger partial charge in [0.15, 0.2) is 9.84 Å². The number of amides is 1. The number of sulfone groups is 1. The monoisotopic (exact) mass is 409 g/mol. The van der Waals surface area contributed by atoms with Gasteiger partial charge in [0.25, 0.3) is 5.69 Å². The van der Waals surface area contributed by atoms with Crippen molar-refractivity contribution in [3.05, 3.63) is 33.9 Å². The highest BCUT2D eigenvalue weighted by molar-refractivity contribution is 7.91. The van der Waals surface area contributed by atoms with E-state index in [1.807, 2.05) is 0 Å². The second-order valence-electron chi connectivity index (χ2n) is 6.23. The van der Waals surface area contributed by atoms with Gasteiger partial charge in [0.1, 0.15) is 5.69 Å². The van der Waals surface area contributed by atoms with Crippen LogP contribution in [0.25, 0.3) is 0 Å². The number of nitrogens with zero attached hydrogens (tertiary/aromatic N) is 2. The van der Waals surface area contributed by atoms with E-state index in [-0.39, 0.29) is 36.1 Å². The van der Waals surface area contributed by atoms with E-state index in [1.54, 1.807) is 0 Å². The van der Waals surface area contributed by atoms with Gasteiger partial charge in [0.05, 0.1) is 22.0 Å². The highest BCUT2D eigenvalue weighted by Crippen LogP contribution is 2.34. The van der Waals surface area contributed by atoms with Crippen molar-refractivity contribution in [2.75, 3.05) is 30.4 Å². The number of rotatable bonds is 6. The zero-order valence-corrected chi connectivity index (χ0v) is 15.1. The maximum atomic E-state index is 12.7. The average molecular weight is 409 g/mol. The standard InChI is InChI=1S/C15H18F3N3O5S/c1-20(11-5-7-27(25,26)9-11)14(22)4-6-19-12-3-2-10(15(16,17)18)8-13(12)21(23)24/h2-3,8,11,19H,4-7,9H2,1H3/t11-/m1/s1. The Labute approximate surface area is 153 Å². The van der Waals surface area contributed by atoms with Crippen molar-refractivity contribution >= 4 is 27.1 Å². The molecule has 0 spiro atoms. The van der Waals surface area contributed by atoms with Crippen molar-refractivity contribution in [2.24, 2.45) is 0 Å². The van der Waals surface area contributed by atoms with Crippen molar-refractivity contribution in [3.63, 3.8) is 0 Å². The number of nitro groups is 1. The SMILES string of the molecule is CN(C(=O)CCNc1ccc(C(F)(F)F)cc1[N+](=O)[O-])[C@@H]1CCS(=O)(=O)C1. The largest absolute Gasteiger partial charge is 0.416 e. The molecule has 1 saturated heterocycles. The number of alkyl halides is 3. The van der Waals surface area contributed by atoms with E-state index in [4.69, 9.17) is 0 Å². The summed E-state index contributed by atoms with van der Waals surface area (Å²) in [6.45, 7) is -0.0468. The molecule has 8 nitrogen and oxygen atoms in total. The summed E-state index contributed by atoms with van der Waals surface area (Å²) in [4.78, 5) is 23.5. The smallest absolute Gasteiger partial charge is 0.379 e. The molecule has 12 heteroatoms. The summed E-state index contributed by atoms with van der Waals surface area (Å²) in [5, 5.41) is 13.6. The van der Waals surface area contributed by atoms with Crippen LogP contribution in [0.2, 0.25) is 0 Å². The lowest BCUT2D eigenvalue weighted by molar-refractivity contribution is -0.384. The Bertz CT molecular complexity index is 842. The molecule has 27 heavy (non-hydrogen) atoms. The van der Waals surface area contributed by atoms with Crippen LogP contribution in [0.1, 0.15) is 18.4 Å². The van der Waals surface area contributed by atoms with Gasteiger partial charge in [-0.2, -0.15) is 13.2 Å². The Kier molecular flexibility index (Phi) is 5.97. The van der Waals surface area contributed by atoms with Crippen molar-refractivity contribution < 1.29 is 31.3 Å². The van der Waals surface area contributed by atoms with Gasteiger partial charge in [-0.3, -0.25) is 14.9 Å². The zero-order chi connectivity index (χ0) is 20.4. The number of carbonyl (C=O) groups is 1. The van der Waals surface area contributed by atoms with Crippen molar-refractivity contribution in [3.8, 4) is 0 Å². The molecule has 0 aliphatic carbocycles. The molecule has 150 valence electrons. The van der Waals surface area contributed by atoms with E-state index in [0.717, 1.165) is 6.07 Å². The molecule has 0 aromatic heterocycles. The highest BCUT2D eigenvalue weighted by atomic mass is 32.2. The van der Waals surface area contributed by atoms with Crippen LogP contribution in [0.3, 0.4) is 0 Å². The maximum absolute atomic E-state index is 12.7. The third-order valence-corrected chi connectivity index (χ3v) is 6.08. The minimum absolute atomic E-state index is 0.0191. The third-order valence-electron chi connectivity index (χ3n) is 4.33. The first-order valence-electron chi connectivity index (χ1n) is 7.96. The molecule has 1 atom stereocenters. The number of carbonyl (C=O) groups excluding carboxylic acids is 1. The van der Waals surface area contributed by atoms with Crippen LogP contribution in [0.5, 0.6) is 0 Å². The fourth-order valence-corrected chi connectivity index (χ4v) is 4.55. The van der Waals surface area contributed by atoms with Gasteiger partial charge in [-0.1, -0.05) is 0 Å². The zero-order valence-electron chi connectivity index (χ0n) is 14.3. The van der Waals surface area contributed by atoms with Gasteiger partial charge in [-0.15, -0.1) is 0 Å². The summed E-state index contributed by atoms with van der Waals surface area (Å²) in [5.41, 5.74) is -2.02. The molecule has 0 bridgehead atoms. The van der Waals surface area contributed by atoms with E-state index < -0.39 is 38.2 Å². The second kappa shape index (κ2) is 7.71. The molecule has 1 heterocycles. The number of nitro benzene ring substituents is 1. The molecular weight excluding hydrogens is 391 g/mol. The van der Waals surface area contributed by atoms with Crippen LogP contribution in [0, 0.1) is 10.1 Å². The molecule has 1 fully saturated rings. The molecular formula is C15H18F3N3O5S. The minimum Gasteiger partial charge on any atom is -0.379 e. The van der Waals surface area contributed by atoms with Crippen LogP contribution in [0.4, 0.5) is 24.5 Å². The quantitative estimate of drug-likeness (QED) is 0.569. The predicted molar refractivity (Wildman–Crippen MR) is 91.0 cm³/mol. The summed E-state index contributed by atoms with van der Waals surface area (Å²) in [5.74, 6) is -0.447. The number of nitrogens with one attached hydrogen (secondary N) is 1. The molecule has 1 aromatic carbocycles. The topological polar surface area (TPSA) is 110 Å². The highest BCUT2D eigenvalue weighted by Gasteiger charge is 2.34. The van der Waals surface area contributed by atoms with E-state index in [0.29, 0.717) is 18.6 Å². The molecule has 0 radical (unpaired) electrons. The number of halogens is 3. The molecule has 1 aliphatic rings. The van der Waals surface area contributed by atoms with Crippen LogP contribution >= 0.6 is 0 Å². The van der Waals surface area contributed by atoms with Crippen molar-refractivity contribution in [2.45, 2.75) is 25.1 Å². The predicted octanol–water partition coefficient (Wildman–Crippen LogP) is 2.06. The van der Waals surface area contributed by atoms with Crippen molar-refractivity contribution in [1.82, 2.24) is 4.90 Å². The van der Waals surface area contributed by atoms with Gasteiger partial charge in [0.2, 0.25) is 5.91 Å². The molecule has 1 aromatic rings. The minimum atomic E-state index is -4.70. The Morgan fingerprint density at radius 2 is 2.07 bits per heavy atom. The number of hydrogen-bond donors (Lipinski definition) is 1. The van der Waals surface area contributed by atoms with Crippen molar-refractivity contribution in [1.29, 1.82) is 0 Å². The summed E-state index contributed by atoms with van der Waals surface area (Å²) in [7, 11) is -1.66. The first-order valence-corrected chi connectivity index (χ1v) is 9.78. The first kappa shape index (κ1) is 20.9. The van der Waals surface area contributed by atoms with Gasteiger partial charge in [-0.25, -0.2) is 8.42 Å². The summed E-state index contributed by atoms with van der Waals surface area (Å²) in [6.07, 6.45) is -4.45. The van der Waals surface area contributed by atoms with Crippen LogP contribution in [-0.4, -0.2) is 55.3 Å². The normalized spacial score (nSPS) is 18.9. The fourth-order valence-electron chi connectivity index (χ4n) is 2.77. The van der Waals surface area contributed by atoms with Crippen LogP contribution < -0.4 is 5.32 Å². The lowest BCUT2D eigenvalue weighted by Crippen LogP contribution is -2.38. The number of hydrogen-bond acceptors (Lipinski definition) is 6. The first-order chi connectivity index (χ1) is 12.4. The molecule has 1 N–H and O–H groups in total.